The number of imidazole rings is 1. The highest BCUT2D eigenvalue weighted by molar-refractivity contribution is 5.99. The largest absolute Gasteiger partial charge is 0.349 e. The first-order valence-electron chi connectivity index (χ1n) is 10.2. The van der Waals surface area contributed by atoms with Crippen molar-refractivity contribution in [3.05, 3.63) is 72.6 Å². The Bertz CT molecular complexity index is 1420. The van der Waals surface area contributed by atoms with E-state index in [2.05, 4.69) is 10.3 Å². The third kappa shape index (κ3) is 2.38. The highest BCUT2D eigenvalue weighted by Crippen LogP contribution is 2.34. The van der Waals surface area contributed by atoms with Crippen LogP contribution in [0.2, 0.25) is 0 Å². The number of rotatable bonds is 2. The quantitative estimate of drug-likeness (QED) is 0.492. The van der Waals surface area contributed by atoms with Gasteiger partial charge in [0, 0.05) is 43.5 Å². The molecule has 3 aromatic heterocycles. The van der Waals surface area contributed by atoms with Crippen LogP contribution < -0.4 is 9.88 Å². The molecule has 0 aliphatic carbocycles. The normalized spacial score (nSPS) is 19.8. The number of carbonyl (C=O) groups is 2. The number of halogens is 1. The van der Waals surface area contributed by atoms with Crippen LogP contribution in [0.25, 0.3) is 28.0 Å². The lowest BCUT2D eigenvalue weighted by Gasteiger charge is -2.35. The number of carbonyl (C=O) groups excluding carboxylic acids is 2. The molecule has 8 nitrogen and oxygen atoms in total. The summed E-state index contributed by atoms with van der Waals surface area (Å²) >= 11 is 0. The van der Waals surface area contributed by atoms with Crippen LogP contribution in [0.15, 0.2) is 61.1 Å². The third-order valence-corrected chi connectivity index (χ3v) is 6.24. The average molecular weight is 429 g/mol. The zero-order valence-electron chi connectivity index (χ0n) is 17.1. The van der Waals surface area contributed by atoms with Crippen molar-refractivity contribution in [3.8, 4) is 22.4 Å². The molecule has 0 bridgehead atoms. The Morgan fingerprint density at radius 1 is 1.16 bits per heavy atom. The van der Waals surface area contributed by atoms with E-state index >= 15 is 0 Å². The fourth-order valence-electron chi connectivity index (χ4n) is 4.65. The molecule has 1 aromatic carbocycles. The summed E-state index contributed by atoms with van der Waals surface area (Å²) in [7, 11) is 0. The van der Waals surface area contributed by atoms with Gasteiger partial charge in [-0.15, -0.1) is 0 Å². The topological polar surface area (TPSA) is 83.5 Å². The van der Waals surface area contributed by atoms with Gasteiger partial charge in [0.05, 0.1) is 5.56 Å². The minimum atomic E-state index is -1.20. The minimum absolute atomic E-state index is 0.215. The van der Waals surface area contributed by atoms with E-state index in [4.69, 9.17) is 5.10 Å². The first-order valence-corrected chi connectivity index (χ1v) is 10.2. The maximum atomic E-state index is 13.5. The van der Waals surface area contributed by atoms with Crippen molar-refractivity contribution in [3.63, 3.8) is 0 Å². The summed E-state index contributed by atoms with van der Waals surface area (Å²) in [5.41, 5.74) is 2.69. The van der Waals surface area contributed by atoms with Gasteiger partial charge in [-0.1, -0.05) is 15.7 Å². The number of nitrogens with zero attached hydrogens (tertiary/aromatic N) is 5. The van der Waals surface area contributed by atoms with Crippen LogP contribution in [0, 0.1) is 5.82 Å². The lowest BCUT2D eigenvalue weighted by atomic mass is 10.0. The van der Waals surface area contributed by atoms with Crippen molar-refractivity contribution >= 4 is 17.5 Å². The van der Waals surface area contributed by atoms with Gasteiger partial charge in [0.1, 0.15) is 11.5 Å². The average Bonchev–Trinajstić information content (AvgIpc) is 3.30. The second-order valence-corrected chi connectivity index (χ2v) is 8.04. The molecule has 0 spiro atoms. The Morgan fingerprint density at radius 3 is 2.72 bits per heavy atom. The van der Waals surface area contributed by atoms with Crippen molar-refractivity contribution in [2.24, 2.45) is 0 Å². The van der Waals surface area contributed by atoms with Crippen LogP contribution >= 0.6 is 0 Å². The number of nitrogens with one attached hydrogen (secondary N) is 1. The number of amides is 2. The van der Waals surface area contributed by atoms with E-state index in [9.17, 15) is 14.0 Å². The molecular formula is C23H18FN6O2+. The standard InChI is InChI=1S/C23H17FN6O2/c1-23-22(32)26-9-10-28(23)21(31)19-13-29-20(30(19)23)17(15-3-2-8-25-12-15)11-18(27-29)14-4-6-16(24)7-5-14/h2-8,11-13H,9-10H2,1H3/p+1. The summed E-state index contributed by atoms with van der Waals surface area (Å²) in [5, 5.41) is 7.58. The lowest BCUT2D eigenvalue weighted by molar-refractivity contribution is -0.731. The van der Waals surface area contributed by atoms with Gasteiger partial charge in [0.2, 0.25) is 5.69 Å². The van der Waals surface area contributed by atoms with Crippen molar-refractivity contribution < 1.29 is 18.5 Å². The predicted octanol–water partition coefficient (Wildman–Crippen LogP) is 1.75. The Labute approximate surface area is 181 Å². The van der Waals surface area contributed by atoms with Gasteiger partial charge >= 0.3 is 11.6 Å². The number of hydrogen-bond donors (Lipinski definition) is 1. The molecule has 0 radical (unpaired) electrons. The number of hydrogen-bond acceptors (Lipinski definition) is 4. The van der Waals surface area contributed by atoms with E-state index in [0.29, 0.717) is 30.1 Å². The second kappa shape index (κ2) is 6.43. The molecule has 1 N–H and O–H groups in total. The third-order valence-electron chi connectivity index (χ3n) is 6.24. The number of piperazine rings is 1. The summed E-state index contributed by atoms with van der Waals surface area (Å²) in [5.74, 6) is -0.790. The zero-order chi connectivity index (χ0) is 22.0. The van der Waals surface area contributed by atoms with Crippen molar-refractivity contribution in [2.45, 2.75) is 12.6 Å². The van der Waals surface area contributed by atoms with E-state index in [1.54, 1.807) is 51.6 Å². The first kappa shape index (κ1) is 18.6. The van der Waals surface area contributed by atoms with E-state index in [0.717, 1.165) is 16.7 Å². The van der Waals surface area contributed by atoms with Crippen molar-refractivity contribution in [1.29, 1.82) is 0 Å². The molecule has 2 aliphatic heterocycles. The van der Waals surface area contributed by atoms with Gasteiger partial charge in [-0.05, 0) is 36.4 Å². The SMILES string of the molecule is CC12C(=O)NCCN1C(=O)c1cn3nc(-c4ccc(F)cc4)cc(-c4cccnc4)c3[n+]12. The molecule has 9 heteroatoms. The van der Waals surface area contributed by atoms with Crippen LogP contribution in [-0.2, 0) is 10.5 Å². The fourth-order valence-corrected chi connectivity index (χ4v) is 4.65. The first-order chi connectivity index (χ1) is 15.5. The second-order valence-electron chi connectivity index (χ2n) is 8.04. The van der Waals surface area contributed by atoms with Crippen LogP contribution in [0.1, 0.15) is 17.4 Å². The molecular weight excluding hydrogens is 411 g/mol. The molecule has 32 heavy (non-hydrogen) atoms. The summed E-state index contributed by atoms with van der Waals surface area (Å²) in [6.45, 7) is 2.59. The smallest absolute Gasteiger partial charge is 0.318 e. The summed E-state index contributed by atoms with van der Waals surface area (Å²) in [6.07, 6.45) is 5.06. The number of pyridine rings is 1. The molecule has 2 aliphatic rings. The highest BCUT2D eigenvalue weighted by Gasteiger charge is 2.60. The van der Waals surface area contributed by atoms with Gasteiger partial charge in [-0.3, -0.25) is 19.5 Å². The van der Waals surface area contributed by atoms with Crippen LogP contribution in [0.5, 0.6) is 0 Å². The maximum Gasteiger partial charge on any atom is 0.318 e. The van der Waals surface area contributed by atoms with Gasteiger partial charge in [0.25, 0.3) is 11.6 Å². The van der Waals surface area contributed by atoms with E-state index in [1.807, 2.05) is 18.2 Å². The molecule has 6 rings (SSSR count). The van der Waals surface area contributed by atoms with E-state index < -0.39 is 5.66 Å². The van der Waals surface area contributed by atoms with Crippen LogP contribution in [0.4, 0.5) is 4.39 Å². The fraction of sp³-hybridized carbons (Fsp3) is 0.174. The van der Waals surface area contributed by atoms with E-state index in [1.165, 1.54) is 12.1 Å². The summed E-state index contributed by atoms with van der Waals surface area (Å²) < 4.78 is 16.9. The van der Waals surface area contributed by atoms with Gasteiger partial charge in [0.15, 0.2) is 6.20 Å². The number of fused-ring (bicyclic) bond motifs is 5. The molecule has 1 fully saturated rings. The van der Waals surface area contributed by atoms with Crippen LogP contribution in [0.3, 0.4) is 0 Å². The Hall–Kier alpha value is -4.14. The lowest BCUT2D eigenvalue weighted by Crippen LogP contribution is -2.71. The highest BCUT2D eigenvalue weighted by atomic mass is 19.1. The van der Waals surface area contributed by atoms with Crippen molar-refractivity contribution in [1.82, 2.24) is 24.8 Å². The molecule has 1 saturated heterocycles. The summed E-state index contributed by atoms with van der Waals surface area (Å²) in [6, 6.07) is 11.7. The van der Waals surface area contributed by atoms with Gasteiger partial charge in [-0.2, -0.15) is 4.57 Å². The van der Waals surface area contributed by atoms with E-state index in [-0.39, 0.29) is 17.6 Å². The summed E-state index contributed by atoms with van der Waals surface area (Å²) in [4.78, 5) is 32.1. The van der Waals surface area contributed by atoms with Crippen LogP contribution in [-0.4, -0.2) is 44.4 Å². The molecule has 158 valence electrons. The Balaban J connectivity index is 1.69. The molecule has 0 saturated carbocycles. The maximum absolute atomic E-state index is 13.5. The van der Waals surface area contributed by atoms with Gasteiger partial charge < -0.3 is 5.32 Å². The predicted molar refractivity (Wildman–Crippen MR) is 112 cm³/mol. The zero-order valence-corrected chi connectivity index (χ0v) is 17.1. The number of aromatic nitrogens is 4. The molecule has 1 unspecified atom stereocenters. The Morgan fingerprint density at radius 2 is 1.97 bits per heavy atom. The van der Waals surface area contributed by atoms with Gasteiger partial charge in [-0.25, -0.2) is 4.39 Å². The molecule has 1 atom stereocenters. The number of benzene rings is 1. The van der Waals surface area contributed by atoms with Crippen molar-refractivity contribution in [2.75, 3.05) is 13.1 Å². The molecule has 4 aromatic rings. The Kier molecular flexibility index (Phi) is 3.74. The molecule has 2 amide bonds. The molecule has 5 heterocycles. The minimum Gasteiger partial charge on any atom is -0.349 e. The monoisotopic (exact) mass is 429 g/mol.